The fraction of sp³-hybridized carbons (Fsp3) is 0. The van der Waals surface area contributed by atoms with Crippen LogP contribution in [0.2, 0.25) is 0 Å². The van der Waals surface area contributed by atoms with Gasteiger partial charge in [0.15, 0.2) is 0 Å². The Kier molecular flexibility index (Phi) is 5.24. The maximum atomic E-state index is 11.8. The summed E-state index contributed by atoms with van der Waals surface area (Å²) in [6.45, 7) is 0. The molecule has 2 aromatic rings. The summed E-state index contributed by atoms with van der Waals surface area (Å²) in [7, 11) is 0. The van der Waals surface area contributed by atoms with Crippen molar-refractivity contribution in [2.24, 2.45) is 0 Å². The standard InChI is InChI=1S/C18H14O3/c19-14-6-10-16-9-4-5-11-17(16)21-18(20)13-12-15-7-2-1-3-8-15/h1-14H/b10-6+,13-12+. The second kappa shape index (κ2) is 7.60. The third-order valence-electron chi connectivity index (χ3n) is 2.70. The number of carbonyl (C=O) groups is 2. The van der Waals surface area contributed by atoms with Gasteiger partial charge in [0.05, 0.1) is 0 Å². The summed E-state index contributed by atoms with van der Waals surface area (Å²) in [5.41, 5.74) is 1.59. The maximum Gasteiger partial charge on any atom is 0.336 e. The van der Waals surface area contributed by atoms with Gasteiger partial charge in [0, 0.05) is 11.6 Å². The van der Waals surface area contributed by atoms with Crippen LogP contribution in [0.15, 0.2) is 66.7 Å². The zero-order valence-corrected chi connectivity index (χ0v) is 11.3. The minimum Gasteiger partial charge on any atom is -0.423 e. The van der Waals surface area contributed by atoms with Crippen LogP contribution in [0.4, 0.5) is 0 Å². The summed E-state index contributed by atoms with van der Waals surface area (Å²) in [5, 5.41) is 0. The smallest absolute Gasteiger partial charge is 0.336 e. The first-order valence-corrected chi connectivity index (χ1v) is 6.45. The lowest BCUT2D eigenvalue weighted by molar-refractivity contribution is -0.128. The number of hydrogen-bond acceptors (Lipinski definition) is 3. The van der Waals surface area contributed by atoms with Gasteiger partial charge < -0.3 is 4.74 Å². The second-order valence-electron chi connectivity index (χ2n) is 4.20. The van der Waals surface area contributed by atoms with E-state index in [1.807, 2.05) is 36.4 Å². The highest BCUT2D eigenvalue weighted by Gasteiger charge is 2.04. The Balaban J connectivity index is 2.08. The first kappa shape index (κ1) is 14.5. The molecule has 0 unspecified atom stereocenters. The van der Waals surface area contributed by atoms with E-state index in [9.17, 15) is 9.59 Å². The molecule has 3 nitrogen and oxygen atoms in total. The Bertz CT molecular complexity index is 670. The lowest BCUT2D eigenvalue weighted by atomic mass is 10.2. The van der Waals surface area contributed by atoms with Crippen LogP contribution in [0.3, 0.4) is 0 Å². The van der Waals surface area contributed by atoms with E-state index in [4.69, 9.17) is 4.74 Å². The van der Waals surface area contributed by atoms with Crippen molar-refractivity contribution in [3.05, 3.63) is 77.9 Å². The molecule has 104 valence electrons. The van der Waals surface area contributed by atoms with Crippen LogP contribution < -0.4 is 4.74 Å². The molecule has 0 aromatic heterocycles. The molecular formula is C18H14O3. The van der Waals surface area contributed by atoms with Gasteiger partial charge in [-0.3, -0.25) is 4.79 Å². The topological polar surface area (TPSA) is 43.4 Å². The number of allylic oxidation sites excluding steroid dienone is 1. The number of para-hydroxylation sites is 1. The minimum absolute atomic E-state index is 0.415. The number of rotatable bonds is 5. The number of aldehydes is 1. The minimum atomic E-state index is -0.467. The van der Waals surface area contributed by atoms with Gasteiger partial charge in [-0.1, -0.05) is 48.5 Å². The van der Waals surface area contributed by atoms with E-state index in [0.717, 1.165) is 5.56 Å². The lowest BCUT2D eigenvalue weighted by Gasteiger charge is -2.04. The predicted molar refractivity (Wildman–Crippen MR) is 82.7 cm³/mol. The van der Waals surface area contributed by atoms with E-state index in [1.54, 1.807) is 30.4 Å². The summed E-state index contributed by atoms with van der Waals surface area (Å²) in [5.74, 6) is -0.0517. The molecule has 0 N–H and O–H groups in total. The molecule has 0 aliphatic rings. The van der Waals surface area contributed by atoms with Gasteiger partial charge in [-0.2, -0.15) is 0 Å². The Hall–Kier alpha value is -2.94. The van der Waals surface area contributed by atoms with Crippen LogP contribution in [-0.2, 0) is 9.59 Å². The van der Waals surface area contributed by atoms with Gasteiger partial charge in [0.2, 0.25) is 0 Å². The van der Waals surface area contributed by atoms with E-state index < -0.39 is 5.97 Å². The van der Waals surface area contributed by atoms with Crippen molar-refractivity contribution in [1.29, 1.82) is 0 Å². The van der Waals surface area contributed by atoms with Crippen molar-refractivity contribution in [3.8, 4) is 5.75 Å². The van der Waals surface area contributed by atoms with Crippen molar-refractivity contribution in [1.82, 2.24) is 0 Å². The van der Waals surface area contributed by atoms with Crippen molar-refractivity contribution in [2.75, 3.05) is 0 Å². The molecule has 0 aliphatic heterocycles. The van der Waals surface area contributed by atoms with E-state index in [2.05, 4.69) is 0 Å². The predicted octanol–water partition coefficient (Wildman–Crippen LogP) is 3.52. The Morgan fingerprint density at radius 1 is 0.905 bits per heavy atom. The van der Waals surface area contributed by atoms with E-state index in [-0.39, 0.29) is 0 Å². The first-order valence-electron chi connectivity index (χ1n) is 6.45. The largest absolute Gasteiger partial charge is 0.423 e. The molecule has 0 saturated heterocycles. The summed E-state index contributed by atoms with van der Waals surface area (Å²) in [6.07, 6.45) is 6.68. The SMILES string of the molecule is O=C/C=C/c1ccccc1OC(=O)/C=C/c1ccccc1. The van der Waals surface area contributed by atoms with Crippen LogP contribution in [0.1, 0.15) is 11.1 Å². The quantitative estimate of drug-likeness (QED) is 0.364. The lowest BCUT2D eigenvalue weighted by Crippen LogP contribution is -2.04. The molecule has 0 amide bonds. The molecule has 0 atom stereocenters. The number of carbonyl (C=O) groups excluding carboxylic acids is 2. The van der Waals surface area contributed by atoms with Crippen molar-refractivity contribution in [3.63, 3.8) is 0 Å². The molecule has 0 fully saturated rings. The third-order valence-corrected chi connectivity index (χ3v) is 2.70. The van der Waals surface area contributed by atoms with Crippen LogP contribution in [0.5, 0.6) is 5.75 Å². The maximum absolute atomic E-state index is 11.8. The zero-order valence-electron chi connectivity index (χ0n) is 11.3. The highest BCUT2D eigenvalue weighted by molar-refractivity contribution is 5.89. The van der Waals surface area contributed by atoms with Crippen molar-refractivity contribution < 1.29 is 14.3 Å². The highest BCUT2D eigenvalue weighted by Crippen LogP contribution is 2.19. The molecule has 3 heteroatoms. The molecule has 0 saturated carbocycles. The van der Waals surface area contributed by atoms with Gasteiger partial charge in [0.25, 0.3) is 0 Å². The number of hydrogen-bond donors (Lipinski definition) is 0. The van der Waals surface area contributed by atoms with E-state index >= 15 is 0 Å². The zero-order chi connectivity index (χ0) is 14.9. The van der Waals surface area contributed by atoms with Gasteiger partial charge in [-0.15, -0.1) is 0 Å². The second-order valence-corrected chi connectivity index (χ2v) is 4.20. The van der Waals surface area contributed by atoms with Crippen molar-refractivity contribution >= 4 is 24.4 Å². The molecule has 0 spiro atoms. The Labute approximate surface area is 123 Å². The Morgan fingerprint density at radius 2 is 1.62 bits per heavy atom. The van der Waals surface area contributed by atoms with Gasteiger partial charge in [-0.25, -0.2) is 4.79 Å². The van der Waals surface area contributed by atoms with Crippen molar-refractivity contribution in [2.45, 2.75) is 0 Å². The molecule has 0 radical (unpaired) electrons. The van der Waals surface area contributed by atoms with Gasteiger partial charge in [-0.05, 0) is 29.9 Å². The Morgan fingerprint density at radius 3 is 2.38 bits per heavy atom. The number of benzene rings is 2. The summed E-state index contributed by atoms with van der Waals surface area (Å²) < 4.78 is 5.27. The third kappa shape index (κ3) is 4.58. The number of esters is 1. The highest BCUT2D eigenvalue weighted by atomic mass is 16.5. The summed E-state index contributed by atoms with van der Waals surface area (Å²) in [4.78, 5) is 22.2. The molecule has 0 aliphatic carbocycles. The number of ether oxygens (including phenoxy) is 1. The first-order chi connectivity index (χ1) is 10.3. The molecule has 21 heavy (non-hydrogen) atoms. The molecular weight excluding hydrogens is 264 g/mol. The normalized spacial score (nSPS) is 10.9. The molecule has 0 bridgehead atoms. The monoisotopic (exact) mass is 278 g/mol. The van der Waals surface area contributed by atoms with Gasteiger partial charge >= 0.3 is 5.97 Å². The average molecular weight is 278 g/mol. The molecule has 2 rings (SSSR count). The average Bonchev–Trinajstić information content (AvgIpc) is 2.53. The fourth-order valence-electron chi connectivity index (χ4n) is 1.72. The summed E-state index contributed by atoms with van der Waals surface area (Å²) >= 11 is 0. The molecule has 0 heterocycles. The van der Waals surface area contributed by atoms with Crippen LogP contribution in [-0.4, -0.2) is 12.3 Å². The van der Waals surface area contributed by atoms with Gasteiger partial charge in [0.1, 0.15) is 12.0 Å². The van der Waals surface area contributed by atoms with Crippen LogP contribution in [0.25, 0.3) is 12.2 Å². The van der Waals surface area contributed by atoms with Crippen LogP contribution in [0, 0.1) is 0 Å². The van der Waals surface area contributed by atoms with E-state index in [0.29, 0.717) is 17.6 Å². The van der Waals surface area contributed by atoms with Crippen LogP contribution >= 0.6 is 0 Å². The van der Waals surface area contributed by atoms with E-state index in [1.165, 1.54) is 12.2 Å². The molecule has 2 aromatic carbocycles. The summed E-state index contributed by atoms with van der Waals surface area (Å²) in [6, 6.07) is 16.5. The fourth-order valence-corrected chi connectivity index (χ4v) is 1.72.